The molecule has 1 heterocycles. The van der Waals surface area contributed by atoms with Gasteiger partial charge < -0.3 is 16.0 Å². The van der Waals surface area contributed by atoms with Gasteiger partial charge in [0.25, 0.3) is 11.5 Å². The number of nitrogens with two attached hydrogens (primary N) is 1. The molecule has 0 saturated carbocycles. The largest absolute Gasteiger partial charge is 0.350 e. The standard InChI is InChI=1S/C21H27N3O2.ClH/c1-13(2)14-7-9-15(10-8-14)18(22)12-23-20(25)17-11-16-5-3-4-6-19(16)24-21(17)26;/h7-11,13,18H,3-6,12,22H2,1-2H3,(H,23,25)(H,24,26);1H. The van der Waals surface area contributed by atoms with Crippen LogP contribution in [0.15, 0.2) is 35.1 Å². The number of rotatable bonds is 5. The minimum Gasteiger partial charge on any atom is -0.350 e. The fourth-order valence-electron chi connectivity index (χ4n) is 3.39. The van der Waals surface area contributed by atoms with E-state index in [1.807, 2.05) is 12.1 Å². The maximum atomic E-state index is 12.4. The Bertz CT molecular complexity index is 843. The fourth-order valence-corrected chi connectivity index (χ4v) is 3.39. The van der Waals surface area contributed by atoms with Gasteiger partial charge in [0.1, 0.15) is 5.56 Å². The molecule has 0 radical (unpaired) electrons. The molecule has 2 aromatic rings. The molecule has 1 amide bonds. The summed E-state index contributed by atoms with van der Waals surface area (Å²) in [6.45, 7) is 4.58. The molecule has 146 valence electrons. The van der Waals surface area contributed by atoms with Gasteiger partial charge in [0.2, 0.25) is 0 Å². The molecule has 0 bridgehead atoms. The van der Waals surface area contributed by atoms with Crippen LogP contribution in [0.1, 0.15) is 71.4 Å². The van der Waals surface area contributed by atoms with E-state index >= 15 is 0 Å². The monoisotopic (exact) mass is 389 g/mol. The van der Waals surface area contributed by atoms with Gasteiger partial charge in [-0.3, -0.25) is 9.59 Å². The second-order valence-electron chi connectivity index (χ2n) is 7.36. The summed E-state index contributed by atoms with van der Waals surface area (Å²) in [5.41, 5.74) is 10.3. The highest BCUT2D eigenvalue weighted by molar-refractivity contribution is 5.94. The van der Waals surface area contributed by atoms with Gasteiger partial charge in [-0.25, -0.2) is 0 Å². The Morgan fingerprint density at radius 3 is 2.44 bits per heavy atom. The summed E-state index contributed by atoms with van der Waals surface area (Å²) in [4.78, 5) is 27.5. The van der Waals surface area contributed by atoms with Crippen molar-refractivity contribution in [1.82, 2.24) is 10.3 Å². The van der Waals surface area contributed by atoms with Crippen LogP contribution in [-0.2, 0) is 12.8 Å². The average Bonchev–Trinajstić information content (AvgIpc) is 2.65. The van der Waals surface area contributed by atoms with Crippen molar-refractivity contribution in [3.8, 4) is 0 Å². The molecular formula is C21H28ClN3O2. The second kappa shape index (κ2) is 9.20. The quantitative estimate of drug-likeness (QED) is 0.733. The first kappa shape index (κ1) is 21.2. The van der Waals surface area contributed by atoms with Crippen molar-refractivity contribution in [3.63, 3.8) is 0 Å². The molecule has 4 N–H and O–H groups in total. The van der Waals surface area contributed by atoms with Gasteiger partial charge in [-0.05, 0) is 54.4 Å². The third-order valence-electron chi connectivity index (χ3n) is 5.10. The highest BCUT2D eigenvalue weighted by Gasteiger charge is 2.17. The topological polar surface area (TPSA) is 88.0 Å². The number of halogens is 1. The molecule has 1 aliphatic carbocycles. The predicted octanol–water partition coefficient (Wildman–Crippen LogP) is 3.23. The first-order chi connectivity index (χ1) is 12.5. The number of fused-ring (bicyclic) bond motifs is 1. The molecule has 1 aromatic heterocycles. The van der Waals surface area contributed by atoms with Crippen LogP contribution in [0.2, 0.25) is 0 Å². The lowest BCUT2D eigenvalue weighted by Gasteiger charge is -2.17. The molecule has 0 fully saturated rings. The highest BCUT2D eigenvalue weighted by Crippen LogP contribution is 2.19. The predicted molar refractivity (Wildman–Crippen MR) is 111 cm³/mol. The Kier molecular flexibility index (Phi) is 7.22. The van der Waals surface area contributed by atoms with E-state index in [1.165, 1.54) is 5.56 Å². The number of H-pyrrole nitrogens is 1. The van der Waals surface area contributed by atoms with Crippen molar-refractivity contribution in [3.05, 3.63) is 68.6 Å². The Labute approximate surface area is 166 Å². The van der Waals surface area contributed by atoms with E-state index in [9.17, 15) is 9.59 Å². The number of aromatic amines is 1. The molecule has 0 aliphatic heterocycles. The van der Waals surface area contributed by atoms with Crippen LogP contribution in [0.3, 0.4) is 0 Å². The van der Waals surface area contributed by atoms with Crippen LogP contribution in [0, 0.1) is 0 Å². The zero-order valence-electron chi connectivity index (χ0n) is 15.9. The molecule has 6 heteroatoms. The zero-order chi connectivity index (χ0) is 18.7. The van der Waals surface area contributed by atoms with E-state index in [0.29, 0.717) is 5.92 Å². The summed E-state index contributed by atoms with van der Waals surface area (Å²) in [5.74, 6) is 0.101. The van der Waals surface area contributed by atoms with Gasteiger partial charge in [-0.2, -0.15) is 0 Å². The van der Waals surface area contributed by atoms with Crippen LogP contribution in [0.4, 0.5) is 0 Å². The van der Waals surface area contributed by atoms with Gasteiger partial charge in [0, 0.05) is 18.3 Å². The van der Waals surface area contributed by atoms with Crippen LogP contribution in [0.5, 0.6) is 0 Å². The Morgan fingerprint density at radius 2 is 1.78 bits per heavy atom. The third kappa shape index (κ3) is 4.99. The molecule has 1 aromatic carbocycles. The highest BCUT2D eigenvalue weighted by atomic mass is 35.5. The SMILES string of the molecule is CC(C)c1ccc(C(N)CNC(=O)c2cc3c([nH]c2=O)CCCC3)cc1.Cl. The van der Waals surface area contributed by atoms with Gasteiger partial charge in [0.05, 0.1) is 0 Å². The number of pyridine rings is 1. The van der Waals surface area contributed by atoms with Crippen LogP contribution < -0.4 is 16.6 Å². The molecule has 27 heavy (non-hydrogen) atoms. The van der Waals surface area contributed by atoms with Gasteiger partial charge in [-0.1, -0.05) is 38.1 Å². The molecule has 3 rings (SSSR count). The smallest absolute Gasteiger partial charge is 0.261 e. The maximum absolute atomic E-state index is 12.4. The van der Waals surface area contributed by atoms with Gasteiger partial charge in [-0.15, -0.1) is 12.4 Å². The van der Waals surface area contributed by atoms with Gasteiger partial charge in [0.15, 0.2) is 0 Å². The Morgan fingerprint density at radius 1 is 1.15 bits per heavy atom. The van der Waals surface area contributed by atoms with E-state index in [1.54, 1.807) is 6.07 Å². The van der Waals surface area contributed by atoms with Crippen molar-refractivity contribution in [2.24, 2.45) is 5.73 Å². The molecule has 1 aliphatic rings. The number of benzene rings is 1. The van der Waals surface area contributed by atoms with E-state index in [2.05, 4.69) is 36.3 Å². The summed E-state index contributed by atoms with van der Waals surface area (Å²) in [6.07, 6.45) is 3.97. The number of hydrogen-bond acceptors (Lipinski definition) is 3. The van der Waals surface area contributed by atoms with E-state index in [4.69, 9.17) is 5.73 Å². The number of carbonyl (C=O) groups is 1. The third-order valence-corrected chi connectivity index (χ3v) is 5.10. The van der Waals surface area contributed by atoms with Crippen molar-refractivity contribution < 1.29 is 4.79 Å². The van der Waals surface area contributed by atoms with Crippen LogP contribution in [-0.4, -0.2) is 17.4 Å². The van der Waals surface area contributed by atoms with Crippen molar-refractivity contribution in [2.75, 3.05) is 6.54 Å². The van der Waals surface area contributed by atoms with E-state index in [-0.39, 0.29) is 42.0 Å². The maximum Gasteiger partial charge on any atom is 0.261 e. The average molecular weight is 390 g/mol. The van der Waals surface area contributed by atoms with Crippen LogP contribution >= 0.6 is 12.4 Å². The minimum absolute atomic E-state index is 0. The minimum atomic E-state index is -0.367. The fraction of sp³-hybridized carbons (Fsp3) is 0.429. The van der Waals surface area contributed by atoms with E-state index < -0.39 is 0 Å². The summed E-state index contributed by atoms with van der Waals surface area (Å²) >= 11 is 0. The number of carbonyl (C=O) groups excluding carboxylic acids is 1. The summed E-state index contributed by atoms with van der Waals surface area (Å²) < 4.78 is 0. The van der Waals surface area contributed by atoms with Crippen molar-refractivity contribution in [2.45, 2.75) is 51.5 Å². The van der Waals surface area contributed by atoms with Crippen molar-refractivity contribution >= 4 is 18.3 Å². The zero-order valence-corrected chi connectivity index (χ0v) is 16.7. The molecule has 0 saturated heterocycles. The molecule has 1 atom stereocenters. The molecular weight excluding hydrogens is 362 g/mol. The Balaban J connectivity index is 0.00000261. The van der Waals surface area contributed by atoms with Crippen LogP contribution in [0.25, 0.3) is 0 Å². The lowest BCUT2D eigenvalue weighted by molar-refractivity contribution is 0.0949. The first-order valence-electron chi connectivity index (χ1n) is 9.34. The lowest BCUT2D eigenvalue weighted by Crippen LogP contribution is -2.35. The summed E-state index contributed by atoms with van der Waals surface area (Å²) in [7, 11) is 0. The molecule has 5 nitrogen and oxygen atoms in total. The number of amides is 1. The number of hydrogen-bond donors (Lipinski definition) is 3. The van der Waals surface area contributed by atoms with E-state index in [0.717, 1.165) is 42.5 Å². The number of nitrogens with one attached hydrogen (secondary N) is 2. The number of aryl methyl sites for hydroxylation is 2. The summed E-state index contributed by atoms with van der Waals surface area (Å²) in [6, 6.07) is 9.56. The second-order valence-corrected chi connectivity index (χ2v) is 7.36. The molecule has 0 spiro atoms. The first-order valence-corrected chi connectivity index (χ1v) is 9.34. The normalized spacial score (nSPS) is 14.2. The van der Waals surface area contributed by atoms with Crippen molar-refractivity contribution in [1.29, 1.82) is 0 Å². The molecule has 1 unspecified atom stereocenters. The Hall–Kier alpha value is -2.11. The van der Waals surface area contributed by atoms with Gasteiger partial charge >= 0.3 is 0 Å². The number of aromatic nitrogens is 1. The summed E-state index contributed by atoms with van der Waals surface area (Å²) in [5, 5.41) is 2.80. The lowest BCUT2D eigenvalue weighted by atomic mass is 9.95.